The van der Waals surface area contributed by atoms with Crippen molar-refractivity contribution in [1.82, 2.24) is 5.32 Å². The fraction of sp³-hybridized carbons (Fsp3) is 0.533. The van der Waals surface area contributed by atoms with Crippen molar-refractivity contribution in [1.29, 1.82) is 0 Å². The number of amides is 1. The first-order valence-electron chi connectivity index (χ1n) is 7.07. The van der Waals surface area contributed by atoms with Crippen LogP contribution in [0.2, 0.25) is 0 Å². The summed E-state index contributed by atoms with van der Waals surface area (Å²) in [5.41, 5.74) is 9.08. The Morgan fingerprint density at radius 3 is 2.84 bits per heavy atom. The topological polar surface area (TPSA) is 58.4 Å². The number of benzene rings is 1. The predicted molar refractivity (Wildman–Crippen MR) is 79.3 cm³/mol. The highest BCUT2D eigenvalue weighted by Crippen LogP contribution is 2.33. The van der Waals surface area contributed by atoms with Crippen LogP contribution in [0.4, 0.5) is 11.4 Å². The Morgan fingerprint density at radius 1 is 1.42 bits per heavy atom. The summed E-state index contributed by atoms with van der Waals surface area (Å²) >= 11 is 0. The minimum absolute atomic E-state index is 0.0878. The van der Waals surface area contributed by atoms with Crippen molar-refractivity contribution >= 4 is 17.3 Å². The summed E-state index contributed by atoms with van der Waals surface area (Å²) in [4.78, 5) is 14.1. The van der Waals surface area contributed by atoms with E-state index in [2.05, 4.69) is 30.1 Å². The number of nitrogens with one attached hydrogen (secondary N) is 1. The number of nitrogen functional groups attached to an aromatic ring is 1. The highest BCUT2D eigenvalue weighted by molar-refractivity contribution is 5.85. The van der Waals surface area contributed by atoms with Gasteiger partial charge in [-0.15, -0.1) is 0 Å². The molecule has 19 heavy (non-hydrogen) atoms. The van der Waals surface area contributed by atoms with E-state index in [0.29, 0.717) is 6.54 Å². The SMILES string of the molecule is CCC(CC)NC(=O)CN1CCc2cccc(N)c21. The van der Waals surface area contributed by atoms with Crippen LogP contribution in [0, 0.1) is 0 Å². The third-order valence-electron chi connectivity index (χ3n) is 3.80. The van der Waals surface area contributed by atoms with Gasteiger partial charge < -0.3 is 16.0 Å². The van der Waals surface area contributed by atoms with E-state index in [4.69, 9.17) is 5.73 Å². The number of anilines is 2. The number of nitrogens with zero attached hydrogens (tertiary/aromatic N) is 1. The van der Waals surface area contributed by atoms with E-state index < -0.39 is 0 Å². The summed E-state index contributed by atoms with van der Waals surface area (Å²) in [6.45, 7) is 5.47. The summed E-state index contributed by atoms with van der Waals surface area (Å²) in [6, 6.07) is 6.24. The average molecular weight is 261 g/mol. The Labute approximate surface area is 115 Å². The molecular weight excluding hydrogens is 238 g/mol. The van der Waals surface area contributed by atoms with Gasteiger partial charge in [-0.1, -0.05) is 26.0 Å². The number of fused-ring (bicyclic) bond motifs is 1. The molecule has 0 atom stereocenters. The lowest BCUT2D eigenvalue weighted by Gasteiger charge is -2.22. The fourth-order valence-corrected chi connectivity index (χ4v) is 2.66. The minimum atomic E-state index is 0.0878. The maximum Gasteiger partial charge on any atom is 0.239 e. The second-order valence-electron chi connectivity index (χ2n) is 5.11. The zero-order valence-corrected chi connectivity index (χ0v) is 11.8. The van der Waals surface area contributed by atoms with Crippen molar-refractivity contribution in [3.8, 4) is 0 Å². The Morgan fingerprint density at radius 2 is 2.16 bits per heavy atom. The third-order valence-corrected chi connectivity index (χ3v) is 3.80. The number of hydrogen-bond acceptors (Lipinski definition) is 3. The highest BCUT2D eigenvalue weighted by Gasteiger charge is 2.23. The second-order valence-corrected chi connectivity index (χ2v) is 5.11. The van der Waals surface area contributed by atoms with E-state index in [1.165, 1.54) is 5.56 Å². The van der Waals surface area contributed by atoms with Crippen LogP contribution < -0.4 is 16.0 Å². The van der Waals surface area contributed by atoms with E-state index in [-0.39, 0.29) is 11.9 Å². The van der Waals surface area contributed by atoms with Crippen LogP contribution in [-0.4, -0.2) is 25.0 Å². The van der Waals surface area contributed by atoms with Gasteiger partial charge in [-0.2, -0.15) is 0 Å². The molecule has 104 valence electrons. The van der Waals surface area contributed by atoms with Crippen LogP contribution in [0.25, 0.3) is 0 Å². The summed E-state index contributed by atoms with van der Waals surface area (Å²) in [7, 11) is 0. The molecule has 0 aliphatic carbocycles. The van der Waals surface area contributed by atoms with Gasteiger partial charge >= 0.3 is 0 Å². The molecule has 0 spiro atoms. The normalized spacial score (nSPS) is 13.7. The quantitative estimate of drug-likeness (QED) is 0.796. The number of carbonyl (C=O) groups excluding carboxylic acids is 1. The molecule has 1 aliphatic rings. The molecule has 4 nitrogen and oxygen atoms in total. The molecule has 3 N–H and O–H groups in total. The fourth-order valence-electron chi connectivity index (χ4n) is 2.66. The van der Waals surface area contributed by atoms with Crippen molar-refractivity contribution in [2.45, 2.75) is 39.2 Å². The highest BCUT2D eigenvalue weighted by atomic mass is 16.2. The van der Waals surface area contributed by atoms with Gasteiger partial charge in [-0.25, -0.2) is 0 Å². The van der Waals surface area contributed by atoms with Gasteiger partial charge in [0.25, 0.3) is 0 Å². The molecule has 1 heterocycles. The van der Waals surface area contributed by atoms with Crippen molar-refractivity contribution in [2.24, 2.45) is 0 Å². The largest absolute Gasteiger partial charge is 0.397 e. The molecule has 1 amide bonds. The molecule has 1 aromatic carbocycles. The van der Waals surface area contributed by atoms with Gasteiger partial charge in [-0.05, 0) is 30.9 Å². The first kappa shape index (κ1) is 13.7. The lowest BCUT2D eigenvalue weighted by molar-refractivity contribution is -0.120. The van der Waals surface area contributed by atoms with E-state index in [9.17, 15) is 4.79 Å². The molecule has 2 rings (SSSR count). The molecule has 4 heteroatoms. The molecular formula is C15H23N3O. The Kier molecular flexibility index (Phi) is 4.30. The molecule has 1 aliphatic heterocycles. The number of rotatable bonds is 5. The van der Waals surface area contributed by atoms with Crippen LogP contribution in [0.15, 0.2) is 18.2 Å². The van der Waals surface area contributed by atoms with Crippen molar-refractivity contribution in [3.05, 3.63) is 23.8 Å². The van der Waals surface area contributed by atoms with Gasteiger partial charge in [0, 0.05) is 12.6 Å². The number of hydrogen-bond donors (Lipinski definition) is 2. The molecule has 0 saturated carbocycles. The Hall–Kier alpha value is -1.71. The molecule has 1 aromatic rings. The predicted octanol–water partition coefficient (Wildman–Crippen LogP) is 1.94. The maximum absolute atomic E-state index is 12.1. The standard InChI is InChI=1S/C15H23N3O/c1-3-12(4-2)17-14(19)10-18-9-8-11-6-5-7-13(16)15(11)18/h5-7,12H,3-4,8-10,16H2,1-2H3,(H,17,19). The summed E-state index contributed by atoms with van der Waals surface area (Å²) in [5.74, 6) is 0.0878. The van der Waals surface area contributed by atoms with Crippen LogP contribution in [0.1, 0.15) is 32.3 Å². The molecule has 0 saturated heterocycles. The van der Waals surface area contributed by atoms with Gasteiger partial charge in [0.2, 0.25) is 5.91 Å². The van der Waals surface area contributed by atoms with Crippen LogP contribution in [0.3, 0.4) is 0 Å². The maximum atomic E-state index is 12.1. The lowest BCUT2D eigenvalue weighted by atomic mass is 10.1. The summed E-state index contributed by atoms with van der Waals surface area (Å²) < 4.78 is 0. The van der Waals surface area contributed by atoms with Crippen LogP contribution in [0.5, 0.6) is 0 Å². The molecule has 0 aromatic heterocycles. The molecule has 0 fully saturated rings. The van der Waals surface area contributed by atoms with Crippen molar-refractivity contribution in [2.75, 3.05) is 23.7 Å². The minimum Gasteiger partial charge on any atom is -0.397 e. The average Bonchev–Trinajstić information content (AvgIpc) is 2.80. The third kappa shape index (κ3) is 3.00. The lowest BCUT2D eigenvalue weighted by Crippen LogP contribution is -2.41. The smallest absolute Gasteiger partial charge is 0.239 e. The summed E-state index contributed by atoms with van der Waals surface area (Å²) in [5, 5.41) is 3.07. The first-order chi connectivity index (χ1) is 9.15. The Bertz CT molecular complexity index is 455. The number of para-hydroxylation sites is 1. The molecule has 0 bridgehead atoms. The zero-order valence-electron chi connectivity index (χ0n) is 11.8. The molecule has 0 unspecified atom stereocenters. The van der Waals surface area contributed by atoms with E-state index in [0.717, 1.165) is 37.2 Å². The molecule has 0 radical (unpaired) electrons. The van der Waals surface area contributed by atoms with Gasteiger partial charge in [0.1, 0.15) is 0 Å². The van der Waals surface area contributed by atoms with Crippen LogP contribution >= 0.6 is 0 Å². The zero-order chi connectivity index (χ0) is 13.8. The summed E-state index contributed by atoms with van der Waals surface area (Å²) in [6.07, 6.45) is 2.92. The van der Waals surface area contributed by atoms with Gasteiger partial charge in [0.05, 0.1) is 17.9 Å². The van der Waals surface area contributed by atoms with Crippen LogP contribution in [-0.2, 0) is 11.2 Å². The number of carbonyl (C=O) groups is 1. The monoisotopic (exact) mass is 261 g/mol. The Balaban J connectivity index is 2.01. The van der Waals surface area contributed by atoms with Crippen molar-refractivity contribution < 1.29 is 4.79 Å². The second kappa shape index (κ2) is 5.95. The first-order valence-corrected chi connectivity index (χ1v) is 7.07. The van der Waals surface area contributed by atoms with Gasteiger partial charge in [-0.3, -0.25) is 4.79 Å². The van der Waals surface area contributed by atoms with E-state index >= 15 is 0 Å². The van der Waals surface area contributed by atoms with Crippen molar-refractivity contribution in [3.63, 3.8) is 0 Å². The number of nitrogens with two attached hydrogens (primary N) is 1. The van der Waals surface area contributed by atoms with E-state index in [1.54, 1.807) is 0 Å². The van der Waals surface area contributed by atoms with Gasteiger partial charge in [0.15, 0.2) is 0 Å². The van der Waals surface area contributed by atoms with E-state index in [1.807, 2.05) is 12.1 Å².